The van der Waals surface area contributed by atoms with E-state index >= 15 is 0 Å². The number of hydrogen-bond donors (Lipinski definition) is 2. The fraction of sp³-hybridized carbons (Fsp3) is 0.600. The van der Waals surface area contributed by atoms with E-state index in [9.17, 15) is 8.42 Å². The molecule has 0 radical (unpaired) electrons. The summed E-state index contributed by atoms with van der Waals surface area (Å²) < 4.78 is 26.5. The second-order valence-corrected chi connectivity index (χ2v) is 7.35. The molecular formula is C15H26N2O2S. The Bertz CT molecular complexity index is 512. The zero-order valence-electron chi connectivity index (χ0n) is 12.8. The van der Waals surface area contributed by atoms with Gasteiger partial charge in [0.25, 0.3) is 0 Å². The van der Waals surface area contributed by atoms with Crippen LogP contribution in [0.5, 0.6) is 0 Å². The molecule has 0 heterocycles. The van der Waals surface area contributed by atoms with Crippen LogP contribution in [0.2, 0.25) is 0 Å². The maximum Gasteiger partial charge on any atom is 0.232 e. The monoisotopic (exact) mass is 298 g/mol. The Morgan fingerprint density at radius 1 is 1.20 bits per heavy atom. The molecule has 0 aliphatic heterocycles. The van der Waals surface area contributed by atoms with Crippen molar-refractivity contribution >= 4 is 15.7 Å². The van der Waals surface area contributed by atoms with Gasteiger partial charge in [0, 0.05) is 11.7 Å². The summed E-state index contributed by atoms with van der Waals surface area (Å²) in [5.74, 6) is 0.252. The summed E-state index contributed by atoms with van der Waals surface area (Å²) in [6.45, 7) is 8.94. The molecule has 20 heavy (non-hydrogen) atoms. The van der Waals surface area contributed by atoms with Gasteiger partial charge in [0.2, 0.25) is 10.0 Å². The molecule has 0 amide bonds. The van der Waals surface area contributed by atoms with E-state index in [0.717, 1.165) is 18.5 Å². The first-order valence-corrected chi connectivity index (χ1v) is 8.83. The summed E-state index contributed by atoms with van der Waals surface area (Å²) in [5.41, 5.74) is 1.72. The van der Waals surface area contributed by atoms with Crippen LogP contribution in [0.15, 0.2) is 24.3 Å². The Kier molecular flexibility index (Phi) is 6.49. The molecule has 0 saturated heterocycles. The van der Waals surface area contributed by atoms with Crippen molar-refractivity contribution in [2.24, 2.45) is 5.92 Å². The average molecular weight is 298 g/mol. The minimum Gasteiger partial charge on any atom is -0.310 e. The molecule has 0 spiro atoms. The molecule has 1 aromatic carbocycles. The normalized spacial score (nSPS) is 13.4. The second-order valence-electron chi connectivity index (χ2n) is 5.58. The summed E-state index contributed by atoms with van der Waals surface area (Å²) >= 11 is 0. The fourth-order valence-corrected chi connectivity index (χ4v) is 3.46. The molecule has 5 heteroatoms. The zero-order chi connectivity index (χ0) is 15.2. The van der Waals surface area contributed by atoms with Crippen LogP contribution in [0.4, 0.5) is 5.69 Å². The van der Waals surface area contributed by atoms with Crippen molar-refractivity contribution in [2.75, 3.05) is 17.0 Å². The lowest BCUT2D eigenvalue weighted by Crippen LogP contribution is -2.21. The van der Waals surface area contributed by atoms with Crippen LogP contribution in [0.25, 0.3) is 0 Å². The number of anilines is 1. The highest BCUT2D eigenvalue weighted by Gasteiger charge is 2.13. The molecule has 1 unspecified atom stereocenters. The number of nitrogens with one attached hydrogen (secondary N) is 2. The van der Waals surface area contributed by atoms with Gasteiger partial charge < -0.3 is 5.32 Å². The van der Waals surface area contributed by atoms with Gasteiger partial charge >= 0.3 is 0 Å². The number of sulfonamides is 1. The third-order valence-electron chi connectivity index (χ3n) is 2.91. The highest BCUT2D eigenvalue weighted by atomic mass is 32.2. The Balaban J connectivity index is 2.78. The van der Waals surface area contributed by atoms with E-state index in [1.54, 1.807) is 6.07 Å². The minimum atomic E-state index is -3.26. The third kappa shape index (κ3) is 5.92. The van der Waals surface area contributed by atoms with Gasteiger partial charge in [-0.2, -0.15) is 0 Å². The van der Waals surface area contributed by atoms with Crippen molar-refractivity contribution in [1.29, 1.82) is 0 Å². The summed E-state index contributed by atoms with van der Waals surface area (Å²) in [6, 6.07) is 7.78. The van der Waals surface area contributed by atoms with Gasteiger partial charge in [0.1, 0.15) is 0 Å². The van der Waals surface area contributed by atoms with Gasteiger partial charge in [0.15, 0.2) is 0 Å². The van der Waals surface area contributed by atoms with E-state index < -0.39 is 10.0 Å². The quantitative estimate of drug-likeness (QED) is 0.775. The van der Waals surface area contributed by atoms with Crippen LogP contribution in [-0.4, -0.2) is 20.7 Å². The van der Waals surface area contributed by atoms with E-state index in [4.69, 9.17) is 0 Å². The molecule has 2 N–H and O–H groups in total. The van der Waals surface area contributed by atoms with Crippen LogP contribution in [-0.2, 0) is 10.0 Å². The van der Waals surface area contributed by atoms with Crippen LogP contribution in [0, 0.1) is 5.92 Å². The minimum absolute atomic E-state index is 0.112. The lowest BCUT2D eigenvalue weighted by molar-refractivity contribution is 0.571. The molecule has 0 aliphatic carbocycles. The zero-order valence-corrected chi connectivity index (χ0v) is 13.6. The lowest BCUT2D eigenvalue weighted by atomic mass is 10.1. The first-order chi connectivity index (χ1) is 9.34. The van der Waals surface area contributed by atoms with Gasteiger partial charge in [-0.25, -0.2) is 8.42 Å². The molecular weight excluding hydrogens is 272 g/mol. The first-order valence-electron chi connectivity index (χ1n) is 7.18. The Morgan fingerprint density at radius 2 is 1.90 bits per heavy atom. The van der Waals surface area contributed by atoms with Gasteiger partial charge in [-0.15, -0.1) is 0 Å². The van der Waals surface area contributed by atoms with E-state index in [1.165, 1.54) is 0 Å². The summed E-state index contributed by atoms with van der Waals surface area (Å²) in [6.07, 6.45) is 1.07. The molecule has 0 aromatic heterocycles. The van der Waals surface area contributed by atoms with Crippen molar-refractivity contribution in [2.45, 2.75) is 40.2 Å². The van der Waals surface area contributed by atoms with Gasteiger partial charge in [-0.1, -0.05) is 32.9 Å². The van der Waals surface area contributed by atoms with E-state index in [2.05, 4.69) is 23.9 Å². The Hall–Kier alpha value is -1.07. The number of hydrogen-bond acceptors (Lipinski definition) is 3. The van der Waals surface area contributed by atoms with Crippen LogP contribution in [0.3, 0.4) is 0 Å². The van der Waals surface area contributed by atoms with Crippen molar-refractivity contribution in [3.05, 3.63) is 29.8 Å². The number of rotatable bonds is 8. The topological polar surface area (TPSA) is 58.2 Å². The molecule has 1 rings (SSSR count). The molecule has 0 fully saturated rings. The lowest BCUT2D eigenvalue weighted by Gasteiger charge is -2.16. The molecule has 4 nitrogen and oxygen atoms in total. The molecule has 0 aliphatic rings. The van der Waals surface area contributed by atoms with E-state index in [-0.39, 0.29) is 17.7 Å². The van der Waals surface area contributed by atoms with E-state index in [0.29, 0.717) is 5.69 Å². The fourth-order valence-electron chi connectivity index (χ4n) is 2.01. The summed E-state index contributed by atoms with van der Waals surface area (Å²) in [5, 5.41) is 3.39. The van der Waals surface area contributed by atoms with Gasteiger partial charge in [-0.05, 0) is 43.5 Å². The maximum absolute atomic E-state index is 11.9. The van der Waals surface area contributed by atoms with Crippen molar-refractivity contribution in [3.63, 3.8) is 0 Å². The van der Waals surface area contributed by atoms with Crippen LogP contribution >= 0.6 is 0 Å². The highest BCUT2D eigenvalue weighted by Crippen LogP contribution is 2.18. The first kappa shape index (κ1) is 17.0. The summed E-state index contributed by atoms with van der Waals surface area (Å²) in [7, 11) is -3.26. The standard InChI is InChI=1S/C15H26N2O2S/c1-5-9-16-13(4)14-7-6-8-15(10-14)17-20(18,19)11-12(2)3/h6-8,10,12-13,16-17H,5,9,11H2,1-4H3. The van der Waals surface area contributed by atoms with Crippen molar-refractivity contribution in [1.82, 2.24) is 5.32 Å². The molecule has 0 saturated carbocycles. The Morgan fingerprint density at radius 3 is 2.50 bits per heavy atom. The van der Waals surface area contributed by atoms with Crippen molar-refractivity contribution < 1.29 is 8.42 Å². The largest absolute Gasteiger partial charge is 0.310 e. The predicted octanol–water partition coefficient (Wildman–Crippen LogP) is 3.14. The number of benzene rings is 1. The average Bonchev–Trinajstić information content (AvgIpc) is 2.33. The van der Waals surface area contributed by atoms with E-state index in [1.807, 2.05) is 32.0 Å². The SMILES string of the molecule is CCCNC(C)c1cccc(NS(=O)(=O)CC(C)C)c1. The molecule has 1 aromatic rings. The Labute approximate surface area is 123 Å². The molecule has 0 bridgehead atoms. The van der Waals surface area contributed by atoms with Gasteiger partial charge in [0.05, 0.1) is 5.75 Å². The molecule has 1 atom stereocenters. The maximum atomic E-state index is 11.9. The smallest absolute Gasteiger partial charge is 0.232 e. The molecule has 114 valence electrons. The van der Waals surface area contributed by atoms with Crippen molar-refractivity contribution in [3.8, 4) is 0 Å². The summed E-state index contributed by atoms with van der Waals surface area (Å²) in [4.78, 5) is 0. The van der Waals surface area contributed by atoms with Crippen LogP contribution in [0.1, 0.15) is 45.7 Å². The van der Waals surface area contributed by atoms with Crippen LogP contribution < -0.4 is 10.0 Å². The second kappa shape index (κ2) is 7.64. The van der Waals surface area contributed by atoms with Gasteiger partial charge in [-0.3, -0.25) is 4.72 Å². The third-order valence-corrected chi connectivity index (χ3v) is 4.57. The predicted molar refractivity (Wildman–Crippen MR) is 85.4 cm³/mol. The highest BCUT2D eigenvalue weighted by molar-refractivity contribution is 7.92.